The summed E-state index contributed by atoms with van der Waals surface area (Å²) in [7, 11) is 0. The predicted molar refractivity (Wildman–Crippen MR) is 81.9 cm³/mol. The van der Waals surface area contributed by atoms with Gasteiger partial charge in [-0.05, 0) is 26.7 Å². The normalized spacial score (nSPS) is 28.1. The van der Waals surface area contributed by atoms with Crippen molar-refractivity contribution in [2.45, 2.75) is 38.4 Å². The van der Waals surface area contributed by atoms with E-state index in [4.69, 9.17) is 27.4 Å². The van der Waals surface area contributed by atoms with Crippen LogP contribution >= 0.6 is 12.2 Å². The van der Waals surface area contributed by atoms with Crippen LogP contribution < -0.4 is 5.73 Å². The van der Waals surface area contributed by atoms with Gasteiger partial charge in [0.2, 0.25) is 5.91 Å². The van der Waals surface area contributed by atoms with Crippen LogP contribution in [0.5, 0.6) is 0 Å². The van der Waals surface area contributed by atoms with Crippen molar-refractivity contribution >= 4 is 23.1 Å². The quantitative estimate of drug-likeness (QED) is 0.717. The lowest BCUT2D eigenvalue weighted by molar-refractivity contribution is -0.174. The van der Waals surface area contributed by atoms with Gasteiger partial charge < -0.3 is 25.2 Å². The Balaban J connectivity index is 2.22. The zero-order chi connectivity index (χ0) is 15.7. The first kappa shape index (κ1) is 16.6. The van der Waals surface area contributed by atoms with Gasteiger partial charge in [0, 0.05) is 26.3 Å². The van der Waals surface area contributed by atoms with E-state index in [0.29, 0.717) is 39.1 Å². The average Bonchev–Trinajstić information content (AvgIpc) is 2.45. The number of hydrogen-bond donors (Lipinski definition) is 2. The van der Waals surface area contributed by atoms with Crippen molar-refractivity contribution in [2.24, 2.45) is 11.1 Å². The summed E-state index contributed by atoms with van der Waals surface area (Å²) in [6.45, 7) is 5.51. The van der Waals surface area contributed by atoms with E-state index in [-0.39, 0.29) is 23.6 Å². The Kier molecular flexibility index (Phi) is 4.87. The predicted octanol–water partition coefficient (Wildman–Crippen LogP) is 0.0676. The van der Waals surface area contributed by atoms with Crippen LogP contribution in [0.4, 0.5) is 0 Å². The summed E-state index contributed by atoms with van der Waals surface area (Å²) in [5, 5.41) is 9.37. The molecule has 7 heteroatoms. The number of aliphatic hydroxyl groups is 1. The van der Waals surface area contributed by atoms with Gasteiger partial charge in [-0.1, -0.05) is 12.2 Å². The molecule has 1 amide bonds. The zero-order valence-electron chi connectivity index (χ0n) is 12.6. The molecule has 2 aliphatic rings. The van der Waals surface area contributed by atoms with E-state index in [2.05, 4.69) is 0 Å². The van der Waals surface area contributed by atoms with Crippen molar-refractivity contribution in [1.82, 2.24) is 4.90 Å². The molecule has 21 heavy (non-hydrogen) atoms. The first-order valence-electron chi connectivity index (χ1n) is 7.26. The summed E-state index contributed by atoms with van der Waals surface area (Å²) in [5.74, 6) is -0.0619. The summed E-state index contributed by atoms with van der Waals surface area (Å²) >= 11 is 5.18. The minimum absolute atomic E-state index is 0.0619. The topological polar surface area (TPSA) is 85.0 Å². The van der Waals surface area contributed by atoms with E-state index in [9.17, 15) is 9.90 Å². The molecule has 0 aromatic carbocycles. The smallest absolute Gasteiger partial charge is 0.235 e. The van der Waals surface area contributed by atoms with E-state index < -0.39 is 11.0 Å². The zero-order valence-corrected chi connectivity index (χ0v) is 13.4. The minimum atomic E-state index is -0.818. The maximum Gasteiger partial charge on any atom is 0.235 e. The molecule has 2 aliphatic heterocycles. The molecule has 0 spiro atoms. The van der Waals surface area contributed by atoms with Gasteiger partial charge >= 0.3 is 0 Å². The average molecular weight is 316 g/mol. The van der Waals surface area contributed by atoms with Gasteiger partial charge in [-0.15, -0.1) is 0 Å². The number of amides is 1. The van der Waals surface area contributed by atoms with Crippen LogP contribution in [0.2, 0.25) is 0 Å². The summed E-state index contributed by atoms with van der Waals surface area (Å²) < 4.78 is 11.1. The number of carbonyl (C=O) groups is 1. The van der Waals surface area contributed by atoms with E-state index in [1.807, 2.05) is 13.8 Å². The summed E-state index contributed by atoms with van der Waals surface area (Å²) in [6, 6.07) is 0. The first-order chi connectivity index (χ1) is 9.81. The Labute approximate surface area is 130 Å². The van der Waals surface area contributed by atoms with Crippen LogP contribution in [-0.4, -0.2) is 65.5 Å². The molecular formula is C14H24N2O4S. The molecule has 3 N–H and O–H groups in total. The number of ether oxygens (including phenoxy) is 2. The molecular weight excluding hydrogens is 292 g/mol. The van der Waals surface area contributed by atoms with Crippen molar-refractivity contribution in [1.29, 1.82) is 0 Å². The van der Waals surface area contributed by atoms with E-state index in [1.54, 1.807) is 4.90 Å². The van der Waals surface area contributed by atoms with Crippen molar-refractivity contribution in [3.8, 4) is 0 Å². The number of nitrogens with two attached hydrogens (primary N) is 1. The van der Waals surface area contributed by atoms with Crippen molar-refractivity contribution in [2.75, 3.05) is 32.9 Å². The number of aliphatic hydroxyl groups excluding tert-OH is 1. The number of nitrogens with zero attached hydrogens (tertiary/aromatic N) is 1. The highest BCUT2D eigenvalue weighted by atomic mass is 32.1. The largest absolute Gasteiger partial charge is 0.394 e. The maximum absolute atomic E-state index is 13.0. The lowest BCUT2D eigenvalue weighted by Crippen LogP contribution is -2.61. The Morgan fingerprint density at radius 1 is 1.43 bits per heavy atom. The fourth-order valence-electron chi connectivity index (χ4n) is 3.13. The number of rotatable bonds is 3. The highest BCUT2D eigenvalue weighted by Crippen LogP contribution is 2.35. The molecule has 0 aliphatic carbocycles. The Bertz CT molecular complexity index is 421. The third-order valence-electron chi connectivity index (χ3n) is 4.20. The molecule has 1 atom stereocenters. The fourth-order valence-corrected chi connectivity index (χ4v) is 3.43. The van der Waals surface area contributed by atoms with Gasteiger partial charge in [0.05, 0.1) is 23.3 Å². The molecule has 0 aromatic heterocycles. The standard InChI is InChI=1S/C14H24N2O4S/c1-13(2)9-16(7-10(8-17)20-13)12(18)14(11(15)21)3-5-19-6-4-14/h10,17H,3-9H2,1-2H3,(H2,15,21). The minimum Gasteiger partial charge on any atom is -0.394 e. The van der Waals surface area contributed by atoms with Crippen LogP contribution in [0.25, 0.3) is 0 Å². The molecule has 2 rings (SSSR count). The van der Waals surface area contributed by atoms with Crippen LogP contribution in [-0.2, 0) is 14.3 Å². The number of thiocarbonyl (C=S) groups is 1. The second-order valence-corrected chi connectivity index (χ2v) is 6.87. The van der Waals surface area contributed by atoms with E-state index in [0.717, 1.165) is 0 Å². The van der Waals surface area contributed by atoms with Gasteiger partial charge in [0.1, 0.15) is 5.41 Å². The van der Waals surface area contributed by atoms with Gasteiger partial charge in [-0.2, -0.15) is 0 Å². The second kappa shape index (κ2) is 6.16. The molecule has 0 aromatic rings. The van der Waals surface area contributed by atoms with Crippen LogP contribution in [0.1, 0.15) is 26.7 Å². The Morgan fingerprint density at radius 2 is 2.05 bits per heavy atom. The van der Waals surface area contributed by atoms with Crippen LogP contribution in [0, 0.1) is 5.41 Å². The second-order valence-electron chi connectivity index (χ2n) is 6.43. The SMILES string of the molecule is CC1(C)CN(C(=O)C2(C(N)=S)CCOCC2)CC(CO)O1. The van der Waals surface area contributed by atoms with Crippen molar-refractivity contribution in [3.63, 3.8) is 0 Å². The molecule has 120 valence electrons. The fraction of sp³-hybridized carbons (Fsp3) is 0.857. The van der Waals surface area contributed by atoms with Gasteiger partial charge in [0.25, 0.3) is 0 Å². The molecule has 6 nitrogen and oxygen atoms in total. The highest BCUT2D eigenvalue weighted by molar-refractivity contribution is 7.80. The van der Waals surface area contributed by atoms with Crippen LogP contribution in [0.15, 0.2) is 0 Å². The molecule has 2 fully saturated rings. The first-order valence-corrected chi connectivity index (χ1v) is 7.67. The summed E-state index contributed by atoms with van der Waals surface area (Å²) in [4.78, 5) is 15.0. The number of hydrogen-bond acceptors (Lipinski definition) is 5. The van der Waals surface area contributed by atoms with Gasteiger partial charge in [-0.3, -0.25) is 4.79 Å². The third kappa shape index (κ3) is 3.36. The number of morpholine rings is 1. The Morgan fingerprint density at radius 3 is 2.57 bits per heavy atom. The molecule has 0 saturated carbocycles. The molecule has 2 saturated heterocycles. The van der Waals surface area contributed by atoms with E-state index >= 15 is 0 Å². The van der Waals surface area contributed by atoms with Gasteiger partial charge in [-0.25, -0.2) is 0 Å². The summed E-state index contributed by atoms with van der Waals surface area (Å²) in [6.07, 6.45) is 0.659. The molecule has 1 unspecified atom stereocenters. The Hall–Kier alpha value is -0.760. The third-order valence-corrected chi connectivity index (χ3v) is 4.59. The summed E-state index contributed by atoms with van der Waals surface area (Å²) in [5.41, 5.74) is 4.58. The maximum atomic E-state index is 13.0. The molecule has 0 radical (unpaired) electrons. The number of carbonyl (C=O) groups excluding carboxylic acids is 1. The highest BCUT2D eigenvalue weighted by Gasteiger charge is 2.48. The monoisotopic (exact) mass is 316 g/mol. The lowest BCUT2D eigenvalue weighted by Gasteiger charge is -2.46. The van der Waals surface area contributed by atoms with Crippen molar-refractivity contribution in [3.05, 3.63) is 0 Å². The lowest BCUT2D eigenvalue weighted by atomic mass is 9.78. The van der Waals surface area contributed by atoms with E-state index in [1.165, 1.54) is 0 Å². The molecule has 0 bridgehead atoms. The van der Waals surface area contributed by atoms with Gasteiger partial charge in [0.15, 0.2) is 0 Å². The van der Waals surface area contributed by atoms with Crippen LogP contribution in [0.3, 0.4) is 0 Å². The van der Waals surface area contributed by atoms with Crippen molar-refractivity contribution < 1.29 is 19.4 Å². The molecule has 2 heterocycles.